The van der Waals surface area contributed by atoms with Gasteiger partial charge in [-0.25, -0.2) is 4.79 Å². The van der Waals surface area contributed by atoms with E-state index in [1.807, 2.05) is 12.1 Å². The summed E-state index contributed by atoms with van der Waals surface area (Å²) in [7, 11) is 0. The summed E-state index contributed by atoms with van der Waals surface area (Å²) in [5.41, 5.74) is 0.936. The summed E-state index contributed by atoms with van der Waals surface area (Å²) in [4.78, 5) is 22.5. The third-order valence-electron chi connectivity index (χ3n) is 2.82. The van der Waals surface area contributed by atoms with Crippen LogP contribution < -0.4 is 5.43 Å². The molecule has 5 heteroatoms. The molecular formula is C14H12ClNO3. The molecule has 0 aliphatic heterocycles. The molecular weight excluding hydrogens is 266 g/mol. The van der Waals surface area contributed by atoms with E-state index in [1.165, 1.54) is 12.3 Å². The van der Waals surface area contributed by atoms with Crippen LogP contribution in [-0.4, -0.2) is 15.6 Å². The van der Waals surface area contributed by atoms with Crippen LogP contribution in [0.2, 0.25) is 5.02 Å². The zero-order chi connectivity index (χ0) is 14.0. The average Bonchev–Trinajstić information content (AvgIpc) is 2.32. The van der Waals surface area contributed by atoms with Gasteiger partial charge < -0.3 is 9.67 Å². The highest BCUT2D eigenvalue weighted by atomic mass is 35.5. The van der Waals surface area contributed by atoms with E-state index in [-0.39, 0.29) is 5.56 Å². The van der Waals surface area contributed by atoms with E-state index in [9.17, 15) is 9.59 Å². The minimum atomic E-state index is -1.22. The molecule has 0 aliphatic carbocycles. The number of halogens is 1. The third-order valence-corrected chi connectivity index (χ3v) is 3.05. The summed E-state index contributed by atoms with van der Waals surface area (Å²) < 4.78 is 1.72. The number of nitrogens with zero attached hydrogens (tertiary/aromatic N) is 1. The first-order valence-corrected chi connectivity index (χ1v) is 6.04. The predicted molar refractivity (Wildman–Crippen MR) is 73.0 cm³/mol. The zero-order valence-corrected chi connectivity index (χ0v) is 11.0. The number of carboxylic acid groups (broad SMARTS) is 1. The average molecular weight is 278 g/mol. The predicted octanol–water partition coefficient (Wildman–Crippen LogP) is 2.56. The van der Waals surface area contributed by atoms with E-state index in [0.717, 1.165) is 5.56 Å². The van der Waals surface area contributed by atoms with E-state index in [4.69, 9.17) is 16.7 Å². The number of benzene rings is 1. The fraction of sp³-hybridized carbons (Fsp3) is 0.143. The zero-order valence-electron chi connectivity index (χ0n) is 10.3. The summed E-state index contributed by atoms with van der Waals surface area (Å²) in [6.07, 6.45) is 1.36. The van der Waals surface area contributed by atoms with Crippen molar-refractivity contribution in [1.82, 2.24) is 4.57 Å². The largest absolute Gasteiger partial charge is 0.477 e. The van der Waals surface area contributed by atoms with Crippen LogP contribution >= 0.6 is 11.6 Å². The normalized spacial score (nSPS) is 10.4. The van der Waals surface area contributed by atoms with Crippen molar-refractivity contribution < 1.29 is 9.90 Å². The number of aromatic carboxylic acids is 1. The van der Waals surface area contributed by atoms with Crippen LogP contribution in [0.3, 0.4) is 0 Å². The molecule has 0 fully saturated rings. The summed E-state index contributed by atoms with van der Waals surface area (Å²) in [6.45, 7) is 2.23. The summed E-state index contributed by atoms with van der Waals surface area (Å²) in [6, 6.07) is 8.62. The highest BCUT2D eigenvalue weighted by Gasteiger charge is 2.10. The topological polar surface area (TPSA) is 59.3 Å². The van der Waals surface area contributed by atoms with Gasteiger partial charge in [-0.1, -0.05) is 23.7 Å². The van der Waals surface area contributed by atoms with Gasteiger partial charge in [0.25, 0.3) is 0 Å². The molecule has 0 saturated carbocycles. The standard InChI is InChI=1S/C14H12ClNO3/c1-9-5-13(17)12(14(18)19)8-16(9)7-10-3-2-4-11(15)6-10/h2-6,8H,7H2,1H3,(H,18,19). The van der Waals surface area contributed by atoms with E-state index in [2.05, 4.69) is 0 Å². The van der Waals surface area contributed by atoms with Crippen LogP contribution in [-0.2, 0) is 6.54 Å². The first-order chi connectivity index (χ1) is 8.97. The molecule has 2 rings (SSSR count). The van der Waals surface area contributed by atoms with Gasteiger partial charge in [-0.15, -0.1) is 0 Å². The Bertz CT molecular complexity index is 691. The van der Waals surface area contributed by atoms with Crippen molar-refractivity contribution in [2.75, 3.05) is 0 Å². The molecule has 1 N–H and O–H groups in total. The van der Waals surface area contributed by atoms with Crippen molar-refractivity contribution in [2.24, 2.45) is 0 Å². The van der Waals surface area contributed by atoms with Crippen LogP contribution in [0.5, 0.6) is 0 Å². The molecule has 0 aliphatic rings. The van der Waals surface area contributed by atoms with Crippen molar-refractivity contribution in [3.05, 3.63) is 68.6 Å². The third kappa shape index (κ3) is 3.03. The van der Waals surface area contributed by atoms with Crippen molar-refractivity contribution in [3.8, 4) is 0 Å². The molecule has 0 atom stereocenters. The van der Waals surface area contributed by atoms with Gasteiger partial charge in [0, 0.05) is 29.5 Å². The molecule has 19 heavy (non-hydrogen) atoms. The lowest BCUT2D eigenvalue weighted by molar-refractivity contribution is 0.0694. The molecule has 0 bridgehead atoms. The maximum Gasteiger partial charge on any atom is 0.341 e. The molecule has 98 valence electrons. The Labute approximate surface area is 114 Å². The van der Waals surface area contributed by atoms with E-state index in [0.29, 0.717) is 17.3 Å². The highest BCUT2D eigenvalue weighted by Crippen LogP contribution is 2.12. The monoisotopic (exact) mass is 277 g/mol. The van der Waals surface area contributed by atoms with Gasteiger partial charge in [0.05, 0.1) is 0 Å². The molecule has 1 aromatic heterocycles. The second kappa shape index (κ2) is 5.28. The van der Waals surface area contributed by atoms with E-state index < -0.39 is 11.4 Å². The molecule has 2 aromatic rings. The second-order valence-electron chi connectivity index (χ2n) is 4.26. The van der Waals surface area contributed by atoms with Crippen molar-refractivity contribution in [2.45, 2.75) is 13.5 Å². The van der Waals surface area contributed by atoms with Crippen LogP contribution in [0.25, 0.3) is 0 Å². The number of hydrogen-bond donors (Lipinski definition) is 1. The molecule has 0 saturated heterocycles. The van der Waals surface area contributed by atoms with Crippen LogP contribution in [0.4, 0.5) is 0 Å². The van der Waals surface area contributed by atoms with Gasteiger partial charge in [-0.05, 0) is 24.6 Å². The SMILES string of the molecule is Cc1cc(=O)c(C(=O)O)cn1Cc1cccc(Cl)c1. The number of rotatable bonds is 3. The van der Waals surface area contributed by atoms with Crippen LogP contribution in [0.15, 0.2) is 41.3 Å². The molecule has 0 spiro atoms. The maximum atomic E-state index is 11.5. The Balaban J connectivity index is 2.43. The van der Waals surface area contributed by atoms with E-state index >= 15 is 0 Å². The van der Waals surface area contributed by atoms with Gasteiger partial charge in [0.2, 0.25) is 0 Å². The highest BCUT2D eigenvalue weighted by molar-refractivity contribution is 6.30. The minimum absolute atomic E-state index is 0.229. The first-order valence-electron chi connectivity index (χ1n) is 5.66. The fourth-order valence-electron chi connectivity index (χ4n) is 1.83. The Morgan fingerprint density at radius 2 is 2.11 bits per heavy atom. The Hall–Kier alpha value is -2.07. The van der Waals surface area contributed by atoms with Crippen molar-refractivity contribution in [1.29, 1.82) is 0 Å². The Morgan fingerprint density at radius 3 is 2.74 bits per heavy atom. The lowest BCUT2D eigenvalue weighted by atomic mass is 10.2. The quantitative estimate of drug-likeness (QED) is 0.938. The second-order valence-corrected chi connectivity index (χ2v) is 4.69. The van der Waals surface area contributed by atoms with Crippen molar-refractivity contribution in [3.63, 3.8) is 0 Å². The van der Waals surface area contributed by atoms with Crippen molar-refractivity contribution >= 4 is 17.6 Å². The minimum Gasteiger partial charge on any atom is -0.477 e. The number of carbonyl (C=O) groups is 1. The summed E-state index contributed by atoms with van der Waals surface area (Å²) in [5, 5.41) is 9.58. The molecule has 0 unspecified atom stereocenters. The molecule has 0 amide bonds. The lowest BCUT2D eigenvalue weighted by Gasteiger charge is -2.11. The molecule has 0 radical (unpaired) electrons. The lowest BCUT2D eigenvalue weighted by Crippen LogP contribution is -2.19. The van der Waals surface area contributed by atoms with Gasteiger partial charge in [-0.2, -0.15) is 0 Å². The fourth-order valence-corrected chi connectivity index (χ4v) is 2.05. The summed E-state index contributed by atoms with van der Waals surface area (Å²) in [5.74, 6) is -1.22. The van der Waals surface area contributed by atoms with Crippen LogP contribution in [0.1, 0.15) is 21.6 Å². The van der Waals surface area contributed by atoms with Crippen LogP contribution in [0, 0.1) is 6.92 Å². The number of carboxylic acids is 1. The summed E-state index contributed by atoms with van der Waals surface area (Å²) >= 11 is 5.90. The molecule has 4 nitrogen and oxygen atoms in total. The van der Waals surface area contributed by atoms with Gasteiger partial charge in [0.15, 0.2) is 5.43 Å². The first kappa shape index (κ1) is 13.4. The number of hydrogen-bond acceptors (Lipinski definition) is 2. The maximum absolute atomic E-state index is 11.5. The van der Waals surface area contributed by atoms with Gasteiger partial charge in [0.1, 0.15) is 5.56 Å². The number of pyridine rings is 1. The molecule has 1 aromatic carbocycles. The van der Waals surface area contributed by atoms with Gasteiger partial charge in [-0.3, -0.25) is 4.79 Å². The molecule has 1 heterocycles. The van der Waals surface area contributed by atoms with E-state index in [1.54, 1.807) is 23.6 Å². The van der Waals surface area contributed by atoms with Gasteiger partial charge >= 0.3 is 5.97 Å². The Morgan fingerprint density at radius 1 is 1.37 bits per heavy atom. The Kier molecular flexibility index (Phi) is 3.71. The number of aryl methyl sites for hydroxylation is 1. The number of aromatic nitrogens is 1. The smallest absolute Gasteiger partial charge is 0.341 e.